The van der Waals surface area contributed by atoms with Crippen LogP contribution in [-0.2, 0) is 12.8 Å². The maximum Gasteiger partial charge on any atom is 0.0471 e. The molecule has 0 radical (unpaired) electrons. The summed E-state index contributed by atoms with van der Waals surface area (Å²) in [4.78, 5) is 0. The molecule has 0 atom stereocenters. The lowest BCUT2D eigenvalue weighted by molar-refractivity contribution is 0.299. The molecule has 1 nitrogen and oxygen atoms in total. The first-order valence-corrected chi connectivity index (χ1v) is 6.35. The van der Waals surface area contributed by atoms with Gasteiger partial charge in [0, 0.05) is 6.61 Å². The zero-order valence-electron chi connectivity index (χ0n) is 10.3. The Morgan fingerprint density at radius 1 is 0.889 bits per heavy atom. The Morgan fingerprint density at radius 2 is 1.67 bits per heavy atom. The van der Waals surface area contributed by atoms with Crippen molar-refractivity contribution in [3.05, 3.63) is 70.3 Å². The smallest absolute Gasteiger partial charge is 0.0471 e. The molecule has 1 aliphatic rings. The topological polar surface area (TPSA) is 20.2 Å². The van der Waals surface area contributed by atoms with Gasteiger partial charge in [-0.25, -0.2) is 0 Å². The third-order valence-electron chi connectivity index (χ3n) is 3.49. The number of benzene rings is 2. The highest BCUT2D eigenvalue weighted by Gasteiger charge is 2.09. The van der Waals surface area contributed by atoms with Gasteiger partial charge in [0.1, 0.15) is 0 Å². The summed E-state index contributed by atoms with van der Waals surface area (Å²) in [6.07, 6.45) is 6.08. The van der Waals surface area contributed by atoms with E-state index in [1.54, 1.807) is 0 Å². The van der Waals surface area contributed by atoms with E-state index >= 15 is 0 Å². The minimum absolute atomic E-state index is 0.211. The molecule has 0 heterocycles. The summed E-state index contributed by atoms with van der Waals surface area (Å²) in [7, 11) is 0. The molecule has 3 rings (SSSR count). The molecule has 0 amide bonds. The Morgan fingerprint density at radius 3 is 2.56 bits per heavy atom. The van der Waals surface area contributed by atoms with Crippen molar-refractivity contribution in [3.8, 4) is 0 Å². The Labute approximate surface area is 107 Å². The van der Waals surface area contributed by atoms with Gasteiger partial charge in [0.25, 0.3) is 0 Å². The van der Waals surface area contributed by atoms with E-state index in [0.717, 1.165) is 12.8 Å². The van der Waals surface area contributed by atoms with Crippen molar-refractivity contribution in [2.45, 2.75) is 12.8 Å². The van der Waals surface area contributed by atoms with Crippen molar-refractivity contribution in [2.24, 2.45) is 0 Å². The molecule has 0 unspecified atom stereocenters. The van der Waals surface area contributed by atoms with Gasteiger partial charge in [0.05, 0.1) is 0 Å². The molecule has 2 aromatic carbocycles. The number of hydrogen-bond donors (Lipinski definition) is 1. The van der Waals surface area contributed by atoms with Crippen LogP contribution in [-0.4, -0.2) is 11.7 Å². The van der Waals surface area contributed by atoms with Crippen LogP contribution < -0.4 is 0 Å². The maximum absolute atomic E-state index is 9.00. The van der Waals surface area contributed by atoms with E-state index in [-0.39, 0.29) is 6.61 Å². The van der Waals surface area contributed by atoms with Crippen LogP contribution in [0.15, 0.2) is 42.5 Å². The van der Waals surface area contributed by atoms with Crippen LogP contribution in [0.25, 0.3) is 12.2 Å². The third kappa shape index (κ3) is 2.09. The fraction of sp³-hybridized carbons (Fsp3) is 0.176. The second-order valence-electron chi connectivity index (χ2n) is 4.72. The zero-order chi connectivity index (χ0) is 12.4. The zero-order valence-corrected chi connectivity index (χ0v) is 10.3. The Balaban J connectivity index is 2.04. The molecule has 1 N–H and O–H groups in total. The maximum atomic E-state index is 9.00. The average Bonchev–Trinajstić information content (AvgIpc) is 2.58. The predicted molar refractivity (Wildman–Crippen MR) is 75.4 cm³/mol. The summed E-state index contributed by atoms with van der Waals surface area (Å²) in [6.45, 7) is 0.211. The van der Waals surface area contributed by atoms with Crippen LogP contribution in [0.5, 0.6) is 0 Å². The van der Waals surface area contributed by atoms with Crippen molar-refractivity contribution in [1.82, 2.24) is 0 Å². The molecule has 0 saturated heterocycles. The minimum atomic E-state index is 0.211. The molecular formula is C17H16O. The van der Waals surface area contributed by atoms with E-state index in [1.165, 1.54) is 27.8 Å². The first-order chi connectivity index (χ1) is 8.86. The van der Waals surface area contributed by atoms with Crippen LogP contribution in [0.1, 0.15) is 27.8 Å². The third-order valence-corrected chi connectivity index (χ3v) is 3.49. The highest BCUT2D eigenvalue weighted by Crippen LogP contribution is 2.25. The van der Waals surface area contributed by atoms with Crippen molar-refractivity contribution >= 4 is 12.2 Å². The highest BCUT2D eigenvalue weighted by atomic mass is 16.2. The monoisotopic (exact) mass is 236 g/mol. The van der Waals surface area contributed by atoms with Gasteiger partial charge in [-0.05, 0) is 40.7 Å². The molecular weight excluding hydrogens is 220 g/mol. The van der Waals surface area contributed by atoms with Crippen molar-refractivity contribution in [2.75, 3.05) is 6.61 Å². The first-order valence-electron chi connectivity index (χ1n) is 6.35. The molecule has 2 aromatic rings. The van der Waals surface area contributed by atoms with Gasteiger partial charge in [-0.2, -0.15) is 0 Å². The number of fused-ring (bicyclic) bond motifs is 2. The van der Waals surface area contributed by atoms with E-state index in [1.807, 2.05) is 0 Å². The predicted octanol–water partition coefficient (Wildman–Crippen LogP) is 3.30. The first kappa shape index (κ1) is 11.2. The number of rotatable bonds is 2. The van der Waals surface area contributed by atoms with Crippen molar-refractivity contribution in [1.29, 1.82) is 0 Å². The second-order valence-corrected chi connectivity index (χ2v) is 4.72. The quantitative estimate of drug-likeness (QED) is 0.724. The lowest BCUT2D eigenvalue weighted by atomic mass is 9.98. The highest BCUT2D eigenvalue weighted by molar-refractivity contribution is 5.75. The Bertz CT molecular complexity index is 596. The molecule has 1 heteroatoms. The van der Waals surface area contributed by atoms with Gasteiger partial charge in [-0.15, -0.1) is 0 Å². The summed E-state index contributed by atoms with van der Waals surface area (Å²) in [5.41, 5.74) is 6.52. The van der Waals surface area contributed by atoms with Crippen LogP contribution in [0.2, 0.25) is 0 Å². The van der Waals surface area contributed by atoms with E-state index in [2.05, 4.69) is 54.6 Å². The normalized spacial score (nSPS) is 12.7. The van der Waals surface area contributed by atoms with E-state index < -0.39 is 0 Å². The minimum Gasteiger partial charge on any atom is -0.396 e. The van der Waals surface area contributed by atoms with Crippen molar-refractivity contribution < 1.29 is 5.11 Å². The van der Waals surface area contributed by atoms with E-state index in [4.69, 9.17) is 5.11 Å². The molecule has 0 spiro atoms. The Hall–Kier alpha value is -1.86. The van der Waals surface area contributed by atoms with Gasteiger partial charge in [-0.1, -0.05) is 54.6 Å². The molecule has 1 aliphatic carbocycles. The summed E-state index contributed by atoms with van der Waals surface area (Å²) in [5.74, 6) is 0. The van der Waals surface area contributed by atoms with Gasteiger partial charge in [0.2, 0.25) is 0 Å². The standard InChI is InChI=1S/C17H16O/c18-10-9-13-5-6-17-12-15-4-2-1-3-14(15)7-8-16(17)11-13/h1-8,11,18H,9-10,12H2. The SMILES string of the molecule is OCCc1ccc2c(c1)C=Cc1ccccc1C2. The lowest BCUT2D eigenvalue weighted by Gasteiger charge is -2.07. The number of aliphatic hydroxyl groups excluding tert-OH is 1. The largest absolute Gasteiger partial charge is 0.396 e. The fourth-order valence-corrected chi connectivity index (χ4v) is 2.49. The van der Waals surface area contributed by atoms with E-state index in [0.29, 0.717) is 0 Å². The van der Waals surface area contributed by atoms with Crippen LogP contribution in [0.4, 0.5) is 0 Å². The van der Waals surface area contributed by atoms with Crippen molar-refractivity contribution in [3.63, 3.8) is 0 Å². The fourth-order valence-electron chi connectivity index (χ4n) is 2.49. The van der Waals surface area contributed by atoms with Gasteiger partial charge in [-0.3, -0.25) is 0 Å². The summed E-state index contributed by atoms with van der Waals surface area (Å²) < 4.78 is 0. The molecule has 0 bridgehead atoms. The average molecular weight is 236 g/mol. The molecule has 0 fully saturated rings. The van der Waals surface area contributed by atoms with Gasteiger partial charge < -0.3 is 5.11 Å². The summed E-state index contributed by atoms with van der Waals surface area (Å²) in [5, 5.41) is 9.00. The molecule has 0 saturated carbocycles. The number of hydrogen-bond acceptors (Lipinski definition) is 1. The van der Waals surface area contributed by atoms with Gasteiger partial charge >= 0.3 is 0 Å². The van der Waals surface area contributed by atoms with Crippen LogP contribution >= 0.6 is 0 Å². The van der Waals surface area contributed by atoms with Gasteiger partial charge in [0.15, 0.2) is 0 Å². The second kappa shape index (κ2) is 4.79. The van der Waals surface area contributed by atoms with E-state index in [9.17, 15) is 0 Å². The van der Waals surface area contributed by atoms with Crippen LogP contribution in [0.3, 0.4) is 0 Å². The molecule has 90 valence electrons. The Kier molecular flexibility index (Phi) is 2.99. The molecule has 0 aromatic heterocycles. The lowest BCUT2D eigenvalue weighted by Crippen LogP contribution is -1.95. The van der Waals surface area contributed by atoms with Crippen LogP contribution in [0, 0.1) is 0 Å². The molecule has 18 heavy (non-hydrogen) atoms. The molecule has 0 aliphatic heterocycles. The number of aliphatic hydroxyl groups is 1. The summed E-state index contributed by atoms with van der Waals surface area (Å²) >= 11 is 0. The summed E-state index contributed by atoms with van der Waals surface area (Å²) in [6, 6.07) is 15.0.